The van der Waals surface area contributed by atoms with E-state index >= 15 is 0 Å². The molecule has 1 unspecified atom stereocenters. The molecule has 0 bridgehead atoms. The molecule has 0 aromatic rings. The summed E-state index contributed by atoms with van der Waals surface area (Å²) in [7, 11) is -4.76. The highest BCUT2D eigenvalue weighted by molar-refractivity contribution is 7.87. The van der Waals surface area contributed by atoms with Crippen LogP contribution in [0.4, 0.5) is 0 Å². The molecule has 0 saturated carbocycles. The standard InChI is InChI=1S/C26H48O7S/c1-3-5-7-8-9-10-11-12-13-14-15-16-17-18-19-20-22-33-26(28)24(34(29,30)31)23-25(27)32-21-6-4-2/h4,6,24H,3,5,7-23H2,1-2H3,(H,29,30,31)/b6-4+. The maximum absolute atomic E-state index is 12.0. The van der Waals surface area contributed by atoms with Crippen molar-refractivity contribution >= 4 is 22.1 Å². The third kappa shape index (κ3) is 20.0. The molecule has 7 nitrogen and oxygen atoms in total. The number of hydrogen-bond donors (Lipinski definition) is 1. The summed E-state index contributed by atoms with van der Waals surface area (Å²) in [6, 6.07) is 0. The SMILES string of the molecule is C/C=C/COC(=O)CC(C(=O)OCCCCCCCCCCCCCCCCCC)S(=O)(=O)O. The predicted octanol–water partition coefficient (Wildman–Crippen LogP) is 6.56. The first-order valence-corrected chi connectivity index (χ1v) is 14.7. The minimum absolute atomic E-state index is 0.0260. The summed E-state index contributed by atoms with van der Waals surface area (Å²) in [6.45, 7) is 4.03. The van der Waals surface area contributed by atoms with Crippen LogP contribution in [0.5, 0.6) is 0 Å². The molecule has 0 rings (SSSR count). The van der Waals surface area contributed by atoms with E-state index in [4.69, 9.17) is 9.47 Å². The molecule has 1 N–H and O–H groups in total. The molecular formula is C26H48O7S. The van der Waals surface area contributed by atoms with Gasteiger partial charge in [0.25, 0.3) is 10.1 Å². The van der Waals surface area contributed by atoms with E-state index in [0.29, 0.717) is 6.42 Å². The van der Waals surface area contributed by atoms with Gasteiger partial charge in [0, 0.05) is 0 Å². The van der Waals surface area contributed by atoms with E-state index in [2.05, 4.69) is 6.92 Å². The van der Waals surface area contributed by atoms with Gasteiger partial charge < -0.3 is 9.47 Å². The van der Waals surface area contributed by atoms with Gasteiger partial charge in [-0.15, -0.1) is 0 Å². The minimum atomic E-state index is -4.76. The van der Waals surface area contributed by atoms with Gasteiger partial charge in [0.1, 0.15) is 6.61 Å². The van der Waals surface area contributed by atoms with Crippen LogP contribution in [0.1, 0.15) is 123 Å². The number of hydrogen-bond acceptors (Lipinski definition) is 6. The zero-order valence-electron chi connectivity index (χ0n) is 21.5. The molecule has 0 aromatic heterocycles. The van der Waals surface area contributed by atoms with Gasteiger partial charge in [-0.2, -0.15) is 8.42 Å². The van der Waals surface area contributed by atoms with E-state index < -0.39 is 33.7 Å². The highest BCUT2D eigenvalue weighted by Crippen LogP contribution is 2.14. The fourth-order valence-electron chi connectivity index (χ4n) is 3.67. The largest absolute Gasteiger partial charge is 0.465 e. The van der Waals surface area contributed by atoms with Crippen molar-refractivity contribution in [3.05, 3.63) is 12.2 Å². The summed E-state index contributed by atoms with van der Waals surface area (Å²) in [4.78, 5) is 23.7. The van der Waals surface area contributed by atoms with Gasteiger partial charge in [0.2, 0.25) is 0 Å². The van der Waals surface area contributed by atoms with Crippen molar-refractivity contribution in [3.63, 3.8) is 0 Å². The van der Waals surface area contributed by atoms with Crippen LogP contribution >= 0.6 is 0 Å². The molecular weight excluding hydrogens is 456 g/mol. The molecule has 0 aliphatic rings. The summed E-state index contributed by atoms with van der Waals surface area (Å²) in [5.41, 5.74) is 0. The van der Waals surface area contributed by atoms with Crippen molar-refractivity contribution in [1.82, 2.24) is 0 Å². The Morgan fingerprint density at radius 1 is 0.765 bits per heavy atom. The molecule has 1 atom stereocenters. The topological polar surface area (TPSA) is 107 Å². The van der Waals surface area contributed by atoms with Gasteiger partial charge in [-0.1, -0.05) is 115 Å². The van der Waals surface area contributed by atoms with Gasteiger partial charge in [-0.3, -0.25) is 14.1 Å². The molecule has 8 heteroatoms. The van der Waals surface area contributed by atoms with Crippen molar-refractivity contribution in [2.24, 2.45) is 0 Å². The summed E-state index contributed by atoms with van der Waals surface area (Å²) in [5, 5.41) is -1.95. The van der Waals surface area contributed by atoms with Crippen LogP contribution in [0.15, 0.2) is 12.2 Å². The number of rotatable bonds is 23. The van der Waals surface area contributed by atoms with Gasteiger partial charge >= 0.3 is 11.9 Å². The summed E-state index contributed by atoms with van der Waals surface area (Å²) in [6.07, 6.45) is 22.1. The van der Waals surface area contributed by atoms with E-state index in [-0.39, 0.29) is 13.2 Å². The van der Waals surface area contributed by atoms with E-state index in [9.17, 15) is 22.6 Å². The monoisotopic (exact) mass is 504 g/mol. The van der Waals surface area contributed by atoms with Crippen molar-refractivity contribution < 1.29 is 32.0 Å². The Bertz CT molecular complexity index is 644. The second kappa shape index (κ2) is 22.1. The lowest BCUT2D eigenvalue weighted by Gasteiger charge is -2.13. The van der Waals surface area contributed by atoms with E-state index in [1.807, 2.05) is 0 Å². The van der Waals surface area contributed by atoms with Crippen LogP contribution in [0.2, 0.25) is 0 Å². The van der Waals surface area contributed by atoms with Gasteiger partial charge in [0.15, 0.2) is 5.25 Å². The average molecular weight is 505 g/mol. The highest BCUT2D eigenvalue weighted by Gasteiger charge is 2.35. The molecule has 0 fully saturated rings. The van der Waals surface area contributed by atoms with Crippen molar-refractivity contribution in [2.45, 2.75) is 128 Å². The Labute approximate surface area is 207 Å². The summed E-state index contributed by atoms with van der Waals surface area (Å²) in [5.74, 6) is -2.01. The maximum atomic E-state index is 12.0. The normalized spacial score (nSPS) is 12.7. The van der Waals surface area contributed by atoms with Crippen LogP contribution in [0.25, 0.3) is 0 Å². The molecule has 0 spiro atoms. The van der Waals surface area contributed by atoms with Crippen LogP contribution in [-0.2, 0) is 29.2 Å². The third-order valence-electron chi connectivity index (χ3n) is 5.79. The van der Waals surface area contributed by atoms with Crippen molar-refractivity contribution in [1.29, 1.82) is 0 Å². The summed E-state index contributed by atoms with van der Waals surface area (Å²) < 4.78 is 41.9. The summed E-state index contributed by atoms with van der Waals surface area (Å²) >= 11 is 0. The Morgan fingerprint density at radius 3 is 1.62 bits per heavy atom. The minimum Gasteiger partial charge on any atom is -0.465 e. The number of ether oxygens (including phenoxy) is 2. The molecule has 34 heavy (non-hydrogen) atoms. The first-order chi connectivity index (χ1) is 16.3. The Hall–Kier alpha value is -1.41. The quantitative estimate of drug-likeness (QED) is 0.0727. The lowest BCUT2D eigenvalue weighted by Crippen LogP contribution is -2.34. The molecule has 0 saturated heterocycles. The molecule has 0 aliphatic carbocycles. The van der Waals surface area contributed by atoms with Gasteiger partial charge in [0.05, 0.1) is 13.0 Å². The number of unbranched alkanes of at least 4 members (excludes halogenated alkanes) is 15. The second-order valence-electron chi connectivity index (χ2n) is 8.93. The van der Waals surface area contributed by atoms with E-state index in [0.717, 1.165) is 19.3 Å². The number of allylic oxidation sites excluding steroid dienone is 1. The first-order valence-electron chi connectivity index (χ1n) is 13.2. The van der Waals surface area contributed by atoms with E-state index in [1.54, 1.807) is 19.1 Å². The highest BCUT2D eigenvalue weighted by atomic mass is 32.2. The predicted molar refractivity (Wildman–Crippen MR) is 136 cm³/mol. The van der Waals surface area contributed by atoms with Gasteiger partial charge in [-0.25, -0.2) is 0 Å². The molecule has 200 valence electrons. The average Bonchev–Trinajstić information content (AvgIpc) is 2.78. The fourth-order valence-corrected chi connectivity index (χ4v) is 4.33. The third-order valence-corrected chi connectivity index (χ3v) is 6.87. The number of carbonyl (C=O) groups is 2. The Morgan fingerprint density at radius 2 is 1.21 bits per heavy atom. The van der Waals surface area contributed by atoms with E-state index in [1.165, 1.54) is 77.0 Å². The zero-order valence-corrected chi connectivity index (χ0v) is 22.3. The molecule has 0 aromatic carbocycles. The van der Waals surface area contributed by atoms with Gasteiger partial charge in [-0.05, 0) is 13.3 Å². The second-order valence-corrected chi connectivity index (χ2v) is 10.5. The first kappa shape index (κ1) is 32.6. The Kier molecular flexibility index (Phi) is 21.2. The van der Waals surface area contributed by atoms with Crippen LogP contribution in [-0.4, -0.2) is 43.4 Å². The molecule has 0 heterocycles. The molecule has 0 amide bonds. The number of esters is 2. The lowest BCUT2D eigenvalue weighted by molar-refractivity contribution is -0.149. The van der Waals surface area contributed by atoms with Crippen LogP contribution in [0, 0.1) is 0 Å². The van der Waals surface area contributed by atoms with Crippen molar-refractivity contribution in [2.75, 3.05) is 13.2 Å². The zero-order chi connectivity index (χ0) is 25.5. The fraction of sp³-hybridized carbons (Fsp3) is 0.846. The number of carbonyl (C=O) groups excluding carboxylic acids is 2. The maximum Gasteiger partial charge on any atom is 0.327 e. The van der Waals surface area contributed by atoms with Crippen LogP contribution < -0.4 is 0 Å². The lowest BCUT2D eigenvalue weighted by atomic mass is 10.0. The molecule has 0 aliphatic heterocycles. The van der Waals surface area contributed by atoms with Crippen LogP contribution in [0.3, 0.4) is 0 Å². The van der Waals surface area contributed by atoms with Crippen molar-refractivity contribution in [3.8, 4) is 0 Å². The Balaban J connectivity index is 3.72. The smallest absolute Gasteiger partial charge is 0.327 e. The molecule has 0 radical (unpaired) electrons.